The van der Waals surface area contributed by atoms with Crippen LogP contribution in [0.3, 0.4) is 0 Å². The molecule has 2 heteroatoms. The number of nitrogens with one attached hydrogen (secondary N) is 1. The van der Waals surface area contributed by atoms with E-state index in [0.717, 1.165) is 13.1 Å². The fraction of sp³-hybridized carbons (Fsp3) is 0.625. The molecule has 2 nitrogen and oxygen atoms in total. The maximum Gasteiger partial charge on any atom is 0.0110 e. The van der Waals surface area contributed by atoms with E-state index in [1.165, 1.54) is 42.6 Å². The highest BCUT2D eigenvalue weighted by Crippen LogP contribution is 2.14. The Labute approximate surface area is 111 Å². The molecule has 1 heterocycles. The normalized spacial score (nSPS) is 18.8. The van der Waals surface area contributed by atoms with Gasteiger partial charge in [-0.05, 0) is 50.3 Å². The van der Waals surface area contributed by atoms with Crippen molar-refractivity contribution in [2.75, 3.05) is 26.2 Å². The summed E-state index contributed by atoms with van der Waals surface area (Å²) in [6, 6.07) is 7.58. The second kappa shape index (κ2) is 6.35. The second-order valence-corrected chi connectivity index (χ2v) is 5.59. The van der Waals surface area contributed by atoms with Gasteiger partial charge in [-0.25, -0.2) is 0 Å². The molecule has 100 valence electrons. The first-order valence-corrected chi connectivity index (χ1v) is 7.17. The van der Waals surface area contributed by atoms with Crippen molar-refractivity contribution < 1.29 is 0 Å². The van der Waals surface area contributed by atoms with Crippen LogP contribution in [0.25, 0.3) is 0 Å². The van der Waals surface area contributed by atoms with E-state index < -0.39 is 0 Å². The van der Waals surface area contributed by atoms with Gasteiger partial charge in [0.25, 0.3) is 0 Å². The molecule has 1 aliphatic heterocycles. The van der Waals surface area contributed by atoms with Crippen molar-refractivity contribution in [3.63, 3.8) is 0 Å². The standard InChI is InChI=1S/C16H26N2/c1-13-4-6-16(12-14(13)2)7-5-15(3)18-10-8-17-9-11-18/h4,6,12,15,17H,5,7-11H2,1-3H3. The van der Waals surface area contributed by atoms with Crippen LogP contribution in [-0.2, 0) is 6.42 Å². The number of piperazine rings is 1. The Morgan fingerprint density at radius 2 is 1.89 bits per heavy atom. The first-order chi connectivity index (χ1) is 8.66. The van der Waals surface area contributed by atoms with E-state index in [1.54, 1.807) is 0 Å². The van der Waals surface area contributed by atoms with Gasteiger partial charge in [0, 0.05) is 32.2 Å². The lowest BCUT2D eigenvalue weighted by Gasteiger charge is -2.32. The van der Waals surface area contributed by atoms with Gasteiger partial charge in [0.05, 0.1) is 0 Å². The molecule has 1 aromatic rings. The minimum absolute atomic E-state index is 0.703. The molecule has 1 saturated heterocycles. The first kappa shape index (κ1) is 13.6. The van der Waals surface area contributed by atoms with Gasteiger partial charge in [-0.3, -0.25) is 4.90 Å². The molecule has 0 radical (unpaired) electrons. The van der Waals surface area contributed by atoms with Gasteiger partial charge >= 0.3 is 0 Å². The van der Waals surface area contributed by atoms with E-state index in [1.807, 2.05) is 0 Å². The highest BCUT2D eigenvalue weighted by molar-refractivity contribution is 5.29. The molecule has 0 saturated carbocycles. The van der Waals surface area contributed by atoms with E-state index in [4.69, 9.17) is 0 Å². The van der Waals surface area contributed by atoms with Crippen LogP contribution >= 0.6 is 0 Å². The fourth-order valence-electron chi connectivity index (χ4n) is 2.64. The van der Waals surface area contributed by atoms with Crippen molar-refractivity contribution in [1.82, 2.24) is 10.2 Å². The summed E-state index contributed by atoms with van der Waals surface area (Å²) >= 11 is 0. The van der Waals surface area contributed by atoms with Crippen molar-refractivity contribution in [2.45, 2.75) is 39.7 Å². The number of hydrogen-bond acceptors (Lipinski definition) is 2. The maximum atomic E-state index is 3.42. The van der Waals surface area contributed by atoms with Gasteiger partial charge in [-0.1, -0.05) is 18.2 Å². The third-order valence-corrected chi connectivity index (χ3v) is 4.20. The third kappa shape index (κ3) is 3.56. The zero-order chi connectivity index (χ0) is 13.0. The summed E-state index contributed by atoms with van der Waals surface area (Å²) in [5.41, 5.74) is 4.30. The van der Waals surface area contributed by atoms with E-state index in [2.05, 4.69) is 49.2 Å². The van der Waals surface area contributed by atoms with E-state index in [9.17, 15) is 0 Å². The zero-order valence-corrected chi connectivity index (χ0v) is 12.0. The monoisotopic (exact) mass is 246 g/mol. The molecule has 18 heavy (non-hydrogen) atoms. The Hall–Kier alpha value is -0.860. The maximum absolute atomic E-state index is 3.42. The molecule has 1 atom stereocenters. The minimum Gasteiger partial charge on any atom is -0.314 e. The van der Waals surface area contributed by atoms with Crippen molar-refractivity contribution >= 4 is 0 Å². The Kier molecular flexibility index (Phi) is 4.79. The molecular weight excluding hydrogens is 220 g/mol. The van der Waals surface area contributed by atoms with E-state index >= 15 is 0 Å². The van der Waals surface area contributed by atoms with Crippen molar-refractivity contribution in [3.8, 4) is 0 Å². The molecule has 1 unspecified atom stereocenters. The molecule has 0 amide bonds. The molecule has 2 rings (SSSR count). The van der Waals surface area contributed by atoms with Crippen LogP contribution in [-0.4, -0.2) is 37.1 Å². The molecule has 0 spiro atoms. The van der Waals surface area contributed by atoms with Crippen LogP contribution in [0, 0.1) is 13.8 Å². The minimum atomic E-state index is 0.703. The number of hydrogen-bond donors (Lipinski definition) is 1. The molecular formula is C16H26N2. The highest BCUT2D eigenvalue weighted by Gasteiger charge is 2.15. The smallest absolute Gasteiger partial charge is 0.0110 e. The van der Waals surface area contributed by atoms with Crippen LogP contribution < -0.4 is 5.32 Å². The second-order valence-electron chi connectivity index (χ2n) is 5.59. The summed E-state index contributed by atoms with van der Waals surface area (Å²) in [5, 5.41) is 3.42. The van der Waals surface area contributed by atoms with E-state index in [0.29, 0.717) is 6.04 Å². The van der Waals surface area contributed by atoms with E-state index in [-0.39, 0.29) is 0 Å². The molecule has 1 N–H and O–H groups in total. The quantitative estimate of drug-likeness (QED) is 0.878. The Balaban J connectivity index is 1.84. The van der Waals surface area contributed by atoms with Gasteiger partial charge in [-0.15, -0.1) is 0 Å². The van der Waals surface area contributed by atoms with Crippen LogP contribution in [0.2, 0.25) is 0 Å². The zero-order valence-electron chi connectivity index (χ0n) is 12.0. The number of aryl methyl sites for hydroxylation is 3. The lowest BCUT2D eigenvalue weighted by Crippen LogP contribution is -2.47. The lowest BCUT2D eigenvalue weighted by atomic mass is 10.0. The average molecular weight is 246 g/mol. The third-order valence-electron chi connectivity index (χ3n) is 4.20. The van der Waals surface area contributed by atoms with Gasteiger partial charge in [-0.2, -0.15) is 0 Å². The molecule has 1 fully saturated rings. The summed E-state index contributed by atoms with van der Waals surface area (Å²) in [5.74, 6) is 0. The Bertz CT molecular complexity index is 381. The summed E-state index contributed by atoms with van der Waals surface area (Å²) in [4.78, 5) is 2.61. The van der Waals surface area contributed by atoms with Crippen LogP contribution in [0.4, 0.5) is 0 Å². The Morgan fingerprint density at radius 1 is 1.17 bits per heavy atom. The van der Waals surface area contributed by atoms with Gasteiger partial charge in [0.1, 0.15) is 0 Å². The van der Waals surface area contributed by atoms with Crippen LogP contribution in [0.15, 0.2) is 18.2 Å². The van der Waals surface area contributed by atoms with Gasteiger partial charge < -0.3 is 5.32 Å². The predicted molar refractivity (Wildman–Crippen MR) is 78.1 cm³/mol. The van der Waals surface area contributed by atoms with Crippen LogP contribution in [0.5, 0.6) is 0 Å². The van der Waals surface area contributed by atoms with Crippen molar-refractivity contribution in [1.29, 1.82) is 0 Å². The van der Waals surface area contributed by atoms with Crippen molar-refractivity contribution in [3.05, 3.63) is 34.9 Å². The topological polar surface area (TPSA) is 15.3 Å². The number of nitrogens with zero attached hydrogens (tertiary/aromatic N) is 1. The SMILES string of the molecule is Cc1ccc(CCC(C)N2CCNCC2)cc1C. The summed E-state index contributed by atoms with van der Waals surface area (Å²) in [6.07, 6.45) is 2.47. The first-order valence-electron chi connectivity index (χ1n) is 7.17. The molecule has 1 aliphatic rings. The predicted octanol–water partition coefficient (Wildman–Crippen LogP) is 2.53. The molecule has 0 bridgehead atoms. The Morgan fingerprint density at radius 3 is 2.56 bits per heavy atom. The molecule has 0 aromatic heterocycles. The summed E-state index contributed by atoms with van der Waals surface area (Å²) in [6.45, 7) is 11.5. The number of rotatable bonds is 4. The summed E-state index contributed by atoms with van der Waals surface area (Å²) in [7, 11) is 0. The largest absolute Gasteiger partial charge is 0.314 e. The highest BCUT2D eigenvalue weighted by atomic mass is 15.2. The molecule has 0 aliphatic carbocycles. The van der Waals surface area contributed by atoms with Gasteiger partial charge in [0.15, 0.2) is 0 Å². The summed E-state index contributed by atoms with van der Waals surface area (Å²) < 4.78 is 0. The van der Waals surface area contributed by atoms with Crippen molar-refractivity contribution in [2.24, 2.45) is 0 Å². The lowest BCUT2D eigenvalue weighted by molar-refractivity contribution is 0.177. The molecule has 1 aromatic carbocycles. The fourth-order valence-corrected chi connectivity index (χ4v) is 2.64. The van der Waals surface area contributed by atoms with Gasteiger partial charge in [0.2, 0.25) is 0 Å². The van der Waals surface area contributed by atoms with Crippen LogP contribution in [0.1, 0.15) is 30.0 Å². The number of benzene rings is 1. The average Bonchev–Trinajstić information content (AvgIpc) is 2.41.